The lowest BCUT2D eigenvalue weighted by Crippen LogP contribution is -2.50. The van der Waals surface area contributed by atoms with Crippen molar-refractivity contribution in [2.45, 2.75) is 51.5 Å². The first-order valence-electron chi connectivity index (χ1n) is 10.8. The number of carbonyl (C=O) groups is 2. The quantitative estimate of drug-likeness (QED) is 0.512. The van der Waals surface area contributed by atoms with E-state index in [0.717, 1.165) is 5.56 Å². The minimum atomic E-state index is -0.572. The van der Waals surface area contributed by atoms with Gasteiger partial charge in [-0.15, -0.1) is 0 Å². The van der Waals surface area contributed by atoms with E-state index in [1.165, 1.54) is 4.90 Å². The summed E-state index contributed by atoms with van der Waals surface area (Å²) in [4.78, 5) is 32.2. The molecule has 32 heavy (non-hydrogen) atoms. The Morgan fingerprint density at radius 1 is 1.22 bits per heavy atom. The third kappa shape index (κ3) is 7.71. The lowest BCUT2D eigenvalue weighted by atomic mass is 10.1. The van der Waals surface area contributed by atoms with Crippen LogP contribution >= 0.6 is 0 Å². The van der Waals surface area contributed by atoms with Gasteiger partial charge in [0.1, 0.15) is 12.1 Å². The number of hydrogen-bond donors (Lipinski definition) is 2. The number of ether oxygens (including phenoxy) is 2. The first-order valence-corrected chi connectivity index (χ1v) is 10.8. The van der Waals surface area contributed by atoms with Gasteiger partial charge in [0.15, 0.2) is 5.96 Å². The Balaban J connectivity index is 2.14. The molecule has 0 aromatic heterocycles. The molecule has 1 aliphatic heterocycles. The zero-order valence-corrected chi connectivity index (χ0v) is 20.2. The molecule has 178 valence electrons. The number of amides is 2. The summed E-state index contributed by atoms with van der Waals surface area (Å²) in [5, 5.41) is 6.71. The predicted molar refractivity (Wildman–Crippen MR) is 125 cm³/mol. The molecule has 0 radical (unpaired) electrons. The maximum Gasteiger partial charge on any atom is 0.410 e. The molecule has 1 fully saturated rings. The molecule has 0 spiro atoms. The fourth-order valence-corrected chi connectivity index (χ4v) is 3.25. The molecule has 1 heterocycles. The van der Waals surface area contributed by atoms with Crippen LogP contribution in [0.15, 0.2) is 35.3 Å². The van der Waals surface area contributed by atoms with Gasteiger partial charge in [0.2, 0.25) is 5.91 Å². The Hall–Kier alpha value is -2.81. The number of likely N-dealkylation sites (N-methyl/N-ethyl adjacent to an activating group) is 1. The van der Waals surface area contributed by atoms with Crippen molar-refractivity contribution in [2.75, 3.05) is 40.8 Å². The second-order valence-corrected chi connectivity index (χ2v) is 9.14. The fraction of sp³-hybridized carbons (Fsp3) is 0.609. The number of hydrogen-bond acceptors (Lipinski definition) is 5. The molecule has 0 bridgehead atoms. The van der Waals surface area contributed by atoms with Crippen LogP contribution in [0.4, 0.5) is 4.79 Å². The van der Waals surface area contributed by atoms with Gasteiger partial charge in [-0.1, -0.05) is 30.3 Å². The molecule has 1 aromatic carbocycles. The van der Waals surface area contributed by atoms with E-state index in [4.69, 9.17) is 9.47 Å². The smallest absolute Gasteiger partial charge is 0.410 e. The van der Waals surface area contributed by atoms with Gasteiger partial charge in [-0.3, -0.25) is 4.79 Å². The number of carbonyl (C=O) groups excluding carboxylic acids is 2. The van der Waals surface area contributed by atoms with Crippen molar-refractivity contribution in [1.82, 2.24) is 20.4 Å². The molecule has 2 N–H and O–H groups in total. The normalized spacial score (nSPS) is 20.0. The molecule has 9 heteroatoms. The van der Waals surface area contributed by atoms with Crippen LogP contribution in [0.5, 0.6) is 0 Å². The van der Waals surface area contributed by atoms with Gasteiger partial charge in [0.25, 0.3) is 0 Å². The molecule has 9 nitrogen and oxygen atoms in total. The van der Waals surface area contributed by atoms with Gasteiger partial charge in [-0.25, -0.2) is 9.79 Å². The van der Waals surface area contributed by atoms with Crippen LogP contribution in [0.3, 0.4) is 0 Å². The first kappa shape index (κ1) is 25.5. The Bertz CT molecular complexity index is 791. The number of aliphatic imine (C=N–C) groups is 1. The number of nitrogens with one attached hydrogen (secondary N) is 2. The fourth-order valence-electron chi connectivity index (χ4n) is 3.25. The lowest BCUT2D eigenvalue weighted by Gasteiger charge is -2.25. The Morgan fingerprint density at radius 3 is 2.44 bits per heavy atom. The van der Waals surface area contributed by atoms with Gasteiger partial charge < -0.3 is 29.9 Å². The summed E-state index contributed by atoms with van der Waals surface area (Å²) in [6.07, 6.45) is -0.623. The number of methoxy groups -OCH3 is 1. The third-order valence-corrected chi connectivity index (χ3v) is 5.07. The van der Waals surface area contributed by atoms with E-state index < -0.39 is 5.60 Å². The van der Waals surface area contributed by atoms with Crippen molar-refractivity contribution in [3.63, 3.8) is 0 Å². The Kier molecular flexibility index (Phi) is 8.89. The summed E-state index contributed by atoms with van der Waals surface area (Å²) >= 11 is 0. The highest BCUT2D eigenvalue weighted by Gasteiger charge is 2.38. The number of benzene rings is 1. The van der Waals surface area contributed by atoms with Gasteiger partial charge in [-0.05, 0) is 33.3 Å². The summed E-state index contributed by atoms with van der Waals surface area (Å²) in [7, 11) is 5.01. The third-order valence-electron chi connectivity index (χ3n) is 5.07. The summed E-state index contributed by atoms with van der Waals surface area (Å²) in [5.41, 5.74) is 0.516. The van der Waals surface area contributed by atoms with E-state index >= 15 is 0 Å². The highest BCUT2D eigenvalue weighted by Crippen LogP contribution is 2.18. The Morgan fingerprint density at radius 2 is 1.88 bits per heavy atom. The summed E-state index contributed by atoms with van der Waals surface area (Å²) in [5.74, 6) is 0.373. The number of nitrogens with zero attached hydrogens (tertiary/aromatic N) is 3. The predicted octanol–water partition coefficient (Wildman–Crippen LogP) is 2.01. The number of rotatable bonds is 6. The molecule has 3 atom stereocenters. The van der Waals surface area contributed by atoms with Crippen molar-refractivity contribution in [1.29, 1.82) is 0 Å². The van der Waals surface area contributed by atoms with Crippen LogP contribution in [0, 0.1) is 0 Å². The number of likely N-dealkylation sites (tertiary alicyclic amines) is 1. The standard InChI is InChI=1S/C23H37N5O4/c1-16(17-11-9-8-10-12-17)25-21(24-13-20(29)27(5)6)26-18-14-28(15-19(18)31-7)22(30)32-23(2,3)4/h8-12,16,18-19H,13-15H2,1-7H3,(H2,24,25,26)/t16?,18?,19-/m0/s1. The lowest BCUT2D eigenvalue weighted by molar-refractivity contribution is -0.127. The van der Waals surface area contributed by atoms with Crippen molar-refractivity contribution < 1.29 is 19.1 Å². The molecule has 2 rings (SSSR count). The second-order valence-electron chi connectivity index (χ2n) is 9.14. The van der Waals surface area contributed by atoms with E-state index in [1.54, 1.807) is 26.1 Å². The van der Waals surface area contributed by atoms with Crippen LogP contribution in [-0.2, 0) is 14.3 Å². The summed E-state index contributed by atoms with van der Waals surface area (Å²) in [6.45, 7) is 8.35. The van der Waals surface area contributed by atoms with E-state index in [1.807, 2.05) is 58.0 Å². The maximum absolute atomic E-state index is 12.5. The zero-order valence-electron chi connectivity index (χ0n) is 20.2. The minimum absolute atomic E-state index is 0.00396. The van der Waals surface area contributed by atoms with Crippen molar-refractivity contribution >= 4 is 18.0 Å². The molecule has 0 saturated carbocycles. The van der Waals surface area contributed by atoms with Crippen LogP contribution in [0.25, 0.3) is 0 Å². The van der Waals surface area contributed by atoms with Gasteiger partial charge in [-0.2, -0.15) is 0 Å². The number of guanidine groups is 1. The Labute approximate surface area is 191 Å². The van der Waals surface area contributed by atoms with E-state index in [2.05, 4.69) is 15.6 Å². The summed E-state index contributed by atoms with van der Waals surface area (Å²) in [6, 6.07) is 9.72. The second kappa shape index (κ2) is 11.2. The van der Waals surface area contributed by atoms with E-state index in [0.29, 0.717) is 19.0 Å². The van der Waals surface area contributed by atoms with Crippen molar-refractivity contribution in [3.05, 3.63) is 35.9 Å². The van der Waals surface area contributed by atoms with Crippen LogP contribution < -0.4 is 10.6 Å². The molecule has 2 amide bonds. The van der Waals surface area contributed by atoms with E-state index in [9.17, 15) is 9.59 Å². The van der Waals surface area contributed by atoms with Crippen LogP contribution in [0.1, 0.15) is 39.3 Å². The van der Waals surface area contributed by atoms with E-state index in [-0.39, 0.29) is 36.7 Å². The minimum Gasteiger partial charge on any atom is -0.444 e. The average molecular weight is 448 g/mol. The first-order chi connectivity index (χ1) is 15.0. The van der Waals surface area contributed by atoms with Crippen LogP contribution in [0.2, 0.25) is 0 Å². The molecular formula is C23H37N5O4. The molecule has 1 aliphatic rings. The van der Waals surface area contributed by atoms with Gasteiger partial charge in [0.05, 0.1) is 24.7 Å². The van der Waals surface area contributed by atoms with Crippen molar-refractivity contribution in [2.24, 2.45) is 4.99 Å². The average Bonchev–Trinajstić information content (AvgIpc) is 3.14. The monoisotopic (exact) mass is 447 g/mol. The van der Waals surface area contributed by atoms with Crippen LogP contribution in [-0.4, -0.2) is 86.3 Å². The maximum atomic E-state index is 12.5. The topological polar surface area (TPSA) is 95.5 Å². The summed E-state index contributed by atoms with van der Waals surface area (Å²) < 4.78 is 11.1. The largest absolute Gasteiger partial charge is 0.444 e. The molecule has 1 aromatic rings. The molecule has 0 aliphatic carbocycles. The zero-order chi connectivity index (χ0) is 23.9. The van der Waals surface area contributed by atoms with Gasteiger partial charge >= 0.3 is 6.09 Å². The highest BCUT2D eigenvalue weighted by molar-refractivity contribution is 5.85. The molecule has 2 unspecified atom stereocenters. The molecular weight excluding hydrogens is 410 g/mol. The van der Waals surface area contributed by atoms with Gasteiger partial charge in [0, 0.05) is 27.7 Å². The molecule has 1 saturated heterocycles. The SMILES string of the molecule is CO[C@H]1CN(C(=O)OC(C)(C)C)CC1NC(=NCC(=O)N(C)C)NC(C)c1ccccc1. The highest BCUT2D eigenvalue weighted by atomic mass is 16.6. The van der Waals surface area contributed by atoms with Crippen molar-refractivity contribution in [3.8, 4) is 0 Å².